The second-order valence-corrected chi connectivity index (χ2v) is 5.26. The number of halogens is 1. The van der Waals surface area contributed by atoms with E-state index in [4.69, 9.17) is 0 Å². The Kier molecular flexibility index (Phi) is 0.820. The van der Waals surface area contributed by atoms with Gasteiger partial charge in [-0.25, -0.2) is 0 Å². The van der Waals surface area contributed by atoms with Gasteiger partial charge in [0.15, 0.2) is 0 Å². The zero-order valence-corrected chi connectivity index (χ0v) is 8.35. The third-order valence-electron chi connectivity index (χ3n) is 4.24. The van der Waals surface area contributed by atoms with Crippen LogP contribution in [-0.2, 0) is 0 Å². The average Bonchev–Trinajstić information content (AvgIpc) is 2.39. The lowest BCUT2D eigenvalue weighted by Gasteiger charge is -2.27. The van der Waals surface area contributed by atoms with E-state index >= 15 is 0 Å². The van der Waals surface area contributed by atoms with Crippen molar-refractivity contribution in [3.8, 4) is 0 Å². The third kappa shape index (κ3) is 0.416. The van der Waals surface area contributed by atoms with Gasteiger partial charge in [0, 0.05) is 9.90 Å². The number of allylic oxidation sites excluding steroid dienone is 4. The molecule has 1 heteroatoms. The van der Waals surface area contributed by atoms with Crippen LogP contribution >= 0.6 is 15.9 Å². The summed E-state index contributed by atoms with van der Waals surface area (Å²) in [4.78, 5) is 0. The van der Waals surface area contributed by atoms with E-state index in [1.807, 2.05) is 0 Å². The van der Waals surface area contributed by atoms with Crippen LogP contribution in [0.25, 0.3) is 0 Å². The molecule has 0 amide bonds. The minimum Gasteiger partial charge on any atom is -0.0833 e. The van der Waals surface area contributed by atoms with Gasteiger partial charge >= 0.3 is 0 Å². The SMILES string of the molecule is C[C@]12[C@@H]3C=C(Br)[C@@]1(C)C=C[C@@H]32. The van der Waals surface area contributed by atoms with Crippen LogP contribution in [-0.4, -0.2) is 0 Å². The lowest BCUT2D eigenvalue weighted by atomic mass is 9.79. The first-order valence-electron chi connectivity index (χ1n) is 4.18. The minimum atomic E-state index is 0.336. The fourth-order valence-corrected chi connectivity index (χ4v) is 3.86. The topological polar surface area (TPSA) is 0 Å². The number of hydrogen-bond donors (Lipinski definition) is 0. The van der Waals surface area contributed by atoms with Crippen molar-refractivity contribution in [3.63, 3.8) is 0 Å². The van der Waals surface area contributed by atoms with E-state index in [0.717, 1.165) is 11.8 Å². The predicted octanol–water partition coefficient (Wildman–Crippen LogP) is 3.11. The highest BCUT2D eigenvalue weighted by molar-refractivity contribution is 9.11. The summed E-state index contributed by atoms with van der Waals surface area (Å²) in [6.07, 6.45) is 7.18. The first-order valence-corrected chi connectivity index (χ1v) is 4.97. The molecule has 0 N–H and O–H groups in total. The second kappa shape index (κ2) is 1.39. The molecule has 0 aliphatic heterocycles. The highest BCUT2D eigenvalue weighted by atomic mass is 79.9. The molecule has 0 aromatic carbocycles. The van der Waals surface area contributed by atoms with E-state index in [-0.39, 0.29) is 0 Å². The van der Waals surface area contributed by atoms with E-state index < -0.39 is 0 Å². The summed E-state index contributed by atoms with van der Waals surface area (Å²) in [7, 11) is 0. The average molecular weight is 211 g/mol. The maximum atomic E-state index is 3.66. The Hall–Kier alpha value is -0.0400. The standard InChI is InChI=1S/C10H11Br/c1-9-4-3-6-7(5-8(9)11)10(6,9)2/h3-7H,1-2H3/t6-,7+,9+,10-/m0/s1. The van der Waals surface area contributed by atoms with Gasteiger partial charge in [-0.15, -0.1) is 0 Å². The molecule has 1 fully saturated rings. The summed E-state index contributed by atoms with van der Waals surface area (Å²) in [5.41, 5.74) is 0.883. The van der Waals surface area contributed by atoms with Gasteiger partial charge < -0.3 is 0 Å². The highest BCUT2D eigenvalue weighted by Crippen LogP contribution is 2.79. The van der Waals surface area contributed by atoms with Crippen LogP contribution in [0.2, 0.25) is 0 Å². The first kappa shape index (κ1) is 6.47. The van der Waals surface area contributed by atoms with E-state index in [1.165, 1.54) is 4.48 Å². The Morgan fingerprint density at radius 1 is 1.36 bits per heavy atom. The van der Waals surface area contributed by atoms with Gasteiger partial charge in [0.25, 0.3) is 0 Å². The van der Waals surface area contributed by atoms with Gasteiger partial charge in [0.05, 0.1) is 0 Å². The largest absolute Gasteiger partial charge is 0.0833 e. The van der Waals surface area contributed by atoms with Crippen molar-refractivity contribution in [2.75, 3.05) is 0 Å². The summed E-state index contributed by atoms with van der Waals surface area (Å²) in [6, 6.07) is 0. The van der Waals surface area contributed by atoms with Gasteiger partial charge in [0.2, 0.25) is 0 Å². The van der Waals surface area contributed by atoms with Crippen LogP contribution in [0.3, 0.4) is 0 Å². The fourth-order valence-electron chi connectivity index (χ4n) is 3.01. The second-order valence-electron chi connectivity index (χ2n) is 4.41. The Morgan fingerprint density at radius 3 is 2.64 bits per heavy atom. The van der Waals surface area contributed by atoms with Gasteiger partial charge in [-0.2, -0.15) is 0 Å². The normalized spacial score (nSPS) is 63.0. The highest BCUT2D eigenvalue weighted by Gasteiger charge is 2.73. The van der Waals surface area contributed by atoms with Crippen LogP contribution in [0, 0.1) is 22.7 Å². The molecule has 0 heterocycles. The quantitative estimate of drug-likeness (QED) is 0.540. The Morgan fingerprint density at radius 2 is 2.09 bits per heavy atom. The monoisotopic (exact) mass is 210 g/mol. The Balaban J connectivity index is 2.26. The molecule has 0 aromatic rings. The molecule has 0 aromatic heterocycles. The van der Waals surface area contributed by atoms with E-state index in [2.05, 4.69) is 48.0 Å². The number of fused-ring (bicyclic) bond motifs is 1. The molecule has 58 valence electrons. The molecule has 0 bridgehead atoms. The molecular weight excluding hydrogens is 200 g/mol. The van der Waals surface area contributed by atoms with Gasteiger partial charge in [-0.05, 0) is 17.3 Å². The molecule has 0 saturated heterocycles. The van der Waals surface area contributed by atoms with E-state index in [9.17, 15) is 0 Å². The molecule has 0 spiro atoms. The molecule has 0 nitrogen and oxygen atoms in total. The summed E-state index contributed by atoms with van der Waals surface area (Å²) in [5, 5.41) is 0. The van der Waals surface area contributed by atoms with Crippen molar-refractivity contribution in [1.82, 2.24) is 0 Å². The molecule has 4 atom stereocenters. The van der Waals surface area contributed by atoms with Crippen LogP contribution in [0.4, 0.5) is 0 Å². The van der Waals surface area contributed by atoms with Gasteiger partial charge in [-0.3, -0.25) is 0 Å². The number of hydrogen-bond acceptors (Lipinski definition) is 0. The van der Waals surface area contributed by atoms with Crippen molar-refractivity contribution < 1.29 is 0 Å². The lowest BCUT2D eigenvalue weighted by molar-refractivity contribution is 0.329. The maximum absolute atomic E-state index is 3.66. The predicted molar refractivity (Wildman–Crippen MR) is 49.3 cm³/mol. The first-order chi connectivity index (χ1) is 5.11. The van der Waals surface area contributed by atoms with Gasteiger partial charge in [0.1, 0.15) is 0 Å². The van der Waals surface area contributed by atoms with E-state index in [1.54, 1.807) is 0 Å². The Bertz CT molecular complexity index is 302. The molecule has 1 saturated carbocycles. The van der Waals surface area contributed by atoms with Crippen molar-refractivity contribution in [2.24, 2.45) is 22.7 Å². The van der Waals surface area contributed by atoms with Crippen LogP contribution in [0.5, 0.6) is 0 Å². The summed E-state index contributed by atoms with van der Waals surface area (Å²) in [6.45, 7) is 4.75. The van der Waals surface area contributed by atoms with Crippen LogP contribution in [0.15, 0.2) is 22.7 Å². The lowest BCUT2D eigenvalue weighted by Crippen LogP contribution is -2.21. The molecule has 0 radical (unpaired) electrons. The zero-order chi connectivity index (χ0) is 7.85. The van der Waals surface area contributed by atoms with Crippen molar-refractivity contribution in [1.29, 1.82) is 0 Å². The van der Waals surface area contributed by atoms with Crippen molar-refractivity contribution in [2.45, 2.75) is 13.8 Å². The fraction of sp³-hybridized carbons (Fsp3) is 0.600. The molecular formula is C10H11Br. The third-order valence-corrected chi connectivity index (χ3v) is 5.33. The minimum absolute atomic E-state index is 0.336. The van der Waals surface area contributed by atoms with E-state index in [0.29, 0.717) is 10.8 Å². The summed E-state index contributed by atoms with van der Waals surface area (Å²) < 4.78 is 1.41. The van der Waals surface area contributed by atoms with Gasteiger partial charge in [-0.1, -0.05) is 48.0 Å². The van der Waals surface area contributed by atoms with Crippen LogP contribution in [0.1, 0.15) is 13.8 Å². The molecule has 11 heavy (non-hydrogen) atoms. The summed E-state index contributed by atoms with van der Waals surface area (Å²) in [5.74, 6) is 1.70. The molecule has 3 aliphatic rings. The Labute approximate surface area is 75.5 Å². The molecule has 0 unspecified atom stereocenters. The molecule has 3 aliphatic carbocycles. The van der Waals surface area contributed by atoms with Crippen molar-refractivity contribution in [3.05, 3.63) is 22.7 Å². The smallest absolute Gasteiger partial charge is 0.0232 e. The number of rotatable bonds is 0. The van der Waals surface area contributed by atoms with Crippen molar-refractivity contribution >= 4 is 15.9 Å². The molecule has 3 rings (SSSR count). The maximum Gasteiger partial charge on any atom is 0.0232 e. The zero-order valence-electron chi connectivity index (χ0n) is 6.76. The summed E-state index contributed by atoms with van der Waals surface area (Å²) >= 11 is 3.66. The van der Waals surface area contributed by atoms with Crippen LogP contribution < -0.4 is 0 Å².